The number of hydrogen-bond acceptors (Lipinski definition) is 4. The summed E-state index contributed by atoms with van der Waals surface area (Å²) in [6.45, 7) is 4.49. The van der Waals surface area contributed by atoms with E-state index in [0.717, 1.165) is 17.3 Å². The molecule has 2 rings (SSSR count). The van der Waals surface area contributed by atoms with Gasteiger partial charge in [0, 0.05) is 5.92 Å². The number of methoxy groups -OCH3 is 1. The second-order valence-electron chi connectivity index (χ2n) is 4.33. The second-order valence-corrected chi connectivity index (χ2v) is 4.33. The van der Waals surface area contributed by atoms with E-state index in [4.69, 9.17) is 10.5 Å². The van der Waals surface area contributed by atoms with E-state index in [0.29, 0.717) is 12.4 Å². The highest BCUT2D eigenvalue weighted by atomic mass is 16.5. The molecule has 0 spiro atoms. The predicted octanol–water partition coefficient (Wildman–Crippen LogP) is 1.86. The Morgan fingerprint density at radius 2 is 2.06 bits per heavy atom. The summed E-state index contributed by atoms with van der Waals surface area (Å²) in [6.07, 6.45) is 0. The molecule has 1 aromatic carbocycles. The molecular formula is C13H18N4O. The minimum absolute atomic E-state index is 0.266. The summed E-state index contributed by atoms with van der Waals surface area (Å²) < 4.78 is 7.17. The number of aromatic nitrogens is 3. The van der Waals surface area contributed by atoms with Gasteiger partial charge in [-0.05, 0) is 12.1 Å². The van der Waals surface area contributed by atoms with E-state index in [1.165, 1.54) is 0 Å². The van der Waals surface area contributed by atoms with Crippen molar-refractivity contribution in [1.82, 2.24) is 14.8 Å². The highest BCUT2D eigenvalue weighted by molar-refractivity contribution is 5.46. The van der Waals surface area contributed by atoms with Crippen molar-refractivity contribution in [3.05, 3.63) is 35.9 Å². The van der Waals surface area contributed by atoms with Crippen LogP contribution in [0.1, 0.15) is 31.4 Å². The van der Waals surface area contributed by atoms with Gasteiger partial charge in [-0.1, -0.05) is 26.0 Å². The van der Waals surface area contributed by atoms with Crippen LogP contribution in [0.2, 0.25) is 0 Å². The first-order valence-corrected chi connectivity index (χ1v) is 5.96. The molecule has 0 aliphatic carbocycles. The van der Waals surface area contributed by atoms with Gasteiger partial charge in [0.25, 0.3) is 0 Å². The zero-order valence-electron chi connectivity index (χ0n) is 10.9. The third-order valence-corrected chi connectivity index (χ3v) is 2.69. The number of ether oxygens (including phenoxy) is 1. The maximum atomic E-state index is 5.61. The molecule has 1 heterocycles. The van der Waals surface area contributed by atoms with E-state index >= 15 is 0 Å². The van der Waals surface area contributed by atoms with E-state index in [1.54, 1.807) is 7.11 Å². The maximum Gasteiger partial charge on any atom is 0.164 e. The zero-order chi connectivity index (χ0) is 13.1. The first-order chi connectivity index (χ1) is 8.67. The molecule has 96 valence electrons. The van der Waals surface area contributed by atoms with Gasteiger partial charge < -0.3 is 10.5 Å². The van der Waals surface area contributed by atoms with Gasteiger partial charge in [0.05, 0.1) is 13.7 Å². The quantitative estimate of drug-likeness (QED) is 0.894. The van der Waals surface area contributed by atoms with E-state index in [1.807, 2.05) is 28.9 Å². The lowest BCUT2D eigenvalue weighted by atomic mass is 10.2. The lowest BCUT2D eigenvalue weighted by Crippen LogP contribution is -2.06. The molecule has 2 aromatic rings. The number of para-hydroxylation sites is 2. The topological polar surface area (TPSA) is 66.0 Å². The smallest absolute Gasteiger partial charge is 0.164 e. The van der Waals surface area contributed by atoms with E-state index in [9.17, 15) is 0 Å². The van der Waals surface area contributed by atoms with Crippen LogP contribution in [0.15, 0.2) is 24.3 Å². The van der Waals surface area contributed by atoms with Crippen LogP contribution in [0.25, 0.3) is 5.69 Å². The van der Waals surface area contributed by atoms with Crippen molar-refractivity contribution >= 4 is 0 Å². The van der Waals surface area contributed by atoms with Crippen molar-refractivity contribution in [3.8, 4) is 11.4 Å². The number of rotatable bonds is 4. The van der Waals surface area contributed by atoms with Crippen LogP contribution >= 0.6 is 0 Å². The lowest BCUT2D eigenvalue weighted by molar-refractivity contribution is 0.411. The fourth-order valence-corrected chi connectivity index (χ4v) is 1.81. The Morgan fingerprint density at radius 1 is 1.33 bits per heavy atom. The average molecular weight is 246 g/mol. The van der Waals surface area contributed by atoms with Crippen molar-refractivity contribution < 1.29 is 4.74 Å². The standard InChI is InChI=1S/C13H18N4O/c1-9(2)13-15-12(8-14)16-17(13)10-6-4-5-7-11(10)18-3/h4-7,9H,8,14H2,1-3H3. The number of benzene rings is 1. The van der Waals surface area contributed by atoms with Crippen molar-refractivity contribution in [2.45, 2.75) is 26.3 Å². The van der Waals surface area contributed by atoms with Crippen molar-refractivity contribution in [1.29, 1.82) is 0 Å². The van der Waals surface area contributed by atoms with Crippen LogP contribution in [0.3, 0.4) is 0 Å². The summed E-state index contributed by atoms with van der Waals surface area (Å²) >= 11 is 0. The van der Waals surface area contributed by atoms with Gasteiger partial charge in [-0.2, -0.15) is 0 Å². The molecule has 0 fully saturated rings. The van der Waals surface area contributed by atoms with Gasteiger partial charge in [-0.15, -0.1) is 5.10 Å². The summed E-state index contributed by atoms with van der Waals surface area (Å²) in [4.78, 5) is 4.45. The molecule has 0 aliphatic heterocycles. The highest BCUT2D eigenvalue weighted by Crippen LogP contribution is 2.25. The zero-order valence-corrected chi connectivity index (χ0v) is 10.9. The molecule has 0 amide bonds. The molecule has 2 N–H and O–H groups in total. The molecule has 18 heavy (non-hydrogen) atoms. The summed E-state index contributed by atoms with van der Waals surface area (Å²) in [5, 5.41) is 4.43. The highest BCUT2D eigenvalue weighted by Gasteiger charge is 2.16. The molecule has 0 atom stereocenters. The third kappa shape index (κ3) is 2.22. The molecule has 5 heteroatoms. The minimum atomic E-state index is 0.266. The van der Waals surface area contributed by atoms with Gasteiger partial charge in [0.15, 0.2) is 5.82 Å². The number of hydrogen-bond donors (Lipinski definition) is 1. The normalized spacial score (nSPS) is 10.9. The Morgan fingerprint density at radius 3 is 2.67 bits per heavy atom. The molecule has 5 nitrogen and oxygen atoms in total. The average Bonchev–Trinajstić information content (AvgIpc) is 2.83. The van der Waals surface area contributed by atoms with Gasteiger partial charge in [-0.25, -0.2) is 9.67 Å². The van der Waals surface area contributed by atoms with Gasteiger partial charge in [0.2, 0.25) is 0 Å². The Balaban J connectivity index is 2.58. The van der Waals surface area contributed by atoms with Crippen LogP contribution in [0.4, 0.5) is 0 Å². The Bertz CT molecular complexity index is 534. The SMILES string of the molecule is COc1ccccc1-n1nc(CN)nc1C(C)C. The first kappa shape index (κ1) is 12.6. The van der Waals surface area contributed by atoms with Gasteiger partial charge in [0.1, 0.15) is 17.3 Å². The molecule has 0 saturated heterocycles. The van der Waals surface area contributed by atoms with Crippen molar-refractivity contribution in [3.63, 3.8) is 0 Å². The van der Waals surface area contributed by atoms with Crippen molar-refractivity contribution in [2.75, 3.05) is 7.11 Å². The Labute approximate surface area is 107 Å². The molecule has 0 bridgehead atoms. The monoisotopic (exact) mass is 246 g/mol. The predicted molar refractivity (Wildman–Crippen MR) is 69.9 cm³/mol. The molecule has 0 aliphatic rings. The summed E-state index contributed by atoms with van der Waals surface area (Å²) in [5.74, 6) is 2.57. The van der Waals surface area contributed by atoms with E-state index in [2.05, 4.69) is 23.9 Å². The fraction of sp³-hybridized carbons (Fsp3) is 0.385. The van der Waals surface area contributed by atoms with E-state index in [-0.39, 0.29) is 5.92 Å². The molecule has 1 aromatic heterocycles. The van der Waals surface area contributed by atoms with Gasteiger partial charge >= 0.3 is 0 Å². The minimum Gasteiger partial charge on any atom is -0.494 e. The first-order valence-electron chi connectivity index (χ1n) is 5.96. The van der Waals surface area contributed by atoms with Crippen LogP contribution in [-0.4, -0.2) is 21.9 Å². The van der Waals surface area contributed by atoms with Gasteiger partial charge in [-0.3, -0.25) is 0 Å². The second kappa shape index (κ2) is 5.18. The van der Waals surface area contributed by atoms with Crippen molar-refractivity contribution in [2.24, 2.45) is 5.73 Å². The fourth-order valence-electron chi connectivity index (χ4n) is 1.81. The van der Waals surface area contributed by atoms with Crippen LogP contribution in [0.5, 0.6) is 5.75 Å². The Kier molecular flexibility index (Phi) is 3.62. The summed E-state index contributed by atoms with van der Waals surface area (Å²) in [7, 11) is 1.65. The molecule has 0 radical (unpaired) electrons. The van der Waals surface area contributed by atoms with E-state index < -0.39 is 0 Å². The van der Waals surface area contributed by atoms with Crippen LogP contribution in [0, 0.1) is 0 Å². The maximum absolute atomic E-state index is 5.61. The lowest BCUT2D eigenvalue weighted by Gasteiger charge is -2.11. The summed E-state index contributed by atoms with van der Waals surface area (Å²) in [5.41, 5.74) is 6.50. The number of nitrogens with zero attached hydrogens (tertiary/aromatic N) is 3. The Hall–Kier alpha value is -1.88. The molecular weight excluding hydrogens is 228 g/mol. The molecule has 0 unspecified atom stereocenters. The number of nitrogens with two attached hydrogens (primary N) is 1. The molecule has 0 saturated carbocycles. The van der Waals surface area contributed by atoms with Crippen LogP contribution in [-0.2, 0) is 6.54 Å². The third-order valence-electron chi connectivity index (χ3n) is 2.69. The summed E-state index contributed by atoms with van der Waals surface area (Å²) in [6, 6.07) is 7.74. The largest absolute Gasteiger partial charge is 0.494 e. The van der Waals surface area contributed by atoms with Crippen LogP contribution < -0.4 is 10.5 Å².